The average Bonchev–Trinajstić information content (AvgIpc) is 2.46. The Hall–Kier alpha value is -1.08. The molecule has 0 aliphatic rings. The van der Waals surface area contributed by atoms with E-state index in [1.807, 2.05) is 50.2 Å². The molecule has 4 heteroatoms. The number of halogens is 1. The van der Waals surface area contributed by atoms with Crippen LogP contribution in [0, 0.1) is 0 Å². The van der Waals surface area contributed by atoms with E-state index >= 15 is 0 Å². The number of rotatable bonds is 6. The van der Waals surface area contributed by atoms with Crippen LogP contribution in [-0.2, 0) is 6.54 Å². The Labute approximate surface area is 134 Å². The van der Waals surface area contributed by atoms with E-state index in [-0.39, 0.29) is 11.9 Å². The van der Waals surface area contributed by atoms with Gasteiger partial charge >= 0.3 is 0 Å². The van der Waals surface area contributed by atoms with Gasteiger partial charge in [-0.05, 0) is 49.2 Å². The molecular formula is C17H21ClNOP. The SMILES string of the molecule is CC(C)Oc1ccc(C(P)NCc2ccc(Cl)cc2)cc1. The summed E-state index contributed by atoms with van der Waals surface area (Å²) in [4.78, 5) is 0. The second-order valence-corrected chi connectivity index (χ2v) is 6.32. The number of hydrogen-bond donors (Lipinski definition) is 1. The van der Waals surface area contributed by atoms with Crippen molar-refractivity contribution in [1.29, 1.82) is 0 Å². The van der Waals surface area contributed by atoms with Gasteiger partial charge in [0.25, 0.3) is 0 Å². The topological polar surface area (TPSA) is 21.3 Å². The lowest BCUT2D eigenvalue weighted by molar-refractivity contribution is 0.242. The van der Waals surface area contributed by atoms with E-state index in [1.54, 1.807) is 0 Å². The van der Waals surface area contributed by atoms with Crippen molar-refractivity contribution >= 4 is 20.8 Å². The smallest absolute Gasteiger partial charge is 0.119 e. The van der Waals surface area contributed by atoms with Crippen LogP contribution in [0.15, 0.2) is 48.5 Å². The van der Waals surface area contributed by atoms with Crippen molar-refractivity contribution in [3.63, 3.8) is 0 Å². The fourth-order valence-electron chi connectivity index (χ4n) is 1.97. The van der Waals surface area contributed by atoms with Gasteiger partial charge in [-0.1, -0.05) is 35.9 Å². The van der Waals surface area contributed by atoms with Crippen LogP contribution in [0.2, 0.25) is 5.02 Å². The summed E-state index contributed by atoms with van der Waals surface area (Å²) in [5.74, 6) is 1.11. The highest BCUT2D eigenvalue weighted by Crippen LogP contribution is 2.23. The summed E-state index contributed by atoms with van der Waals surface area (Å²) in [6.07, 6.45) is 0.200. The minimum Gasteiger partial charge on any atom is -0.491 e. The molecule has 2 nitrogen and oxygen atoms in total. The summed E-state index contributed by atoms with van der Waals surface area (Å²) < 4.78 is 5.65. The van der Waals surface area contributed by atoms with Crippen LogP contribution in [0.3, 0.4) is 0 Å². The molecule has 0 aliphatic carbocycles. The monoisotopic (exact) mass is 321 g/mol. The van der Waals surface area contributed by atoms with E-state index in [0.717, 1.165) is 17.3 Å². The molecule has 2 atom stereocenters. The molecular weight excluding hydrogens is 301 g/mol. The molecule has 21 heavy (non-hydrogen) atoms. The van der Waals surface area contributed by atoms with Gasteiger partial charge in [0, 0.05) is 17.4 Å². The molecule has 0 amide bonds. The first kappa shape index (κ1) is 16.3. The molecule has 2 rings (SSSR count). The van der Waals surface area contributed by atoms with E-state index in [4.69, 9.17) is 16.3 Å². The normalized spacial score (nSPS) is 12.4. The Morgan fingerprint density at radius 1 is 1.05 bits per heavy atom. The summed E-state index contributed by atoms with van der Waals surface area (Å²) in [7, 11) is 2.83. The highest BCUT2D eigenvalue weighted by Gasteiger charge is 2.06. The zero-order valence-corrected chi connectivity index (χ0v) is 14.3. The third kappa shape index (κ3) is 5.32. The summed E-state index contributed by atoms with van der Waals surface area (Å²) in [6, 6.07) is 16.1. The van der Waals surface area contributed by atoms with E-state index in [0.29, 0.717) is 0 Å². The molecule has 0 saturated carbocycles. The molecule has 0 radical (unpaired) electrons. The lowest BCUT2D eigenvalue weighted by atomic mass is 10.2. The lowest BCUT2D eigenvalue weighted by Crippen LogP contribution is -2.15. The fraction of sp³-hybridized carbons (Fsp3) is 0.294. The van der Waals surface area contributed by atoms with Crippen molar-refractivity contribution in [1.82, 2.24) is 5.32 Å². The summed E-state index contributed by atoms with van der Waals surface area (Å²) in [5, 5.41) is 4.24. The van der Waals surface area contributed by atoms with Gasteiger partial charge in [0.05, 0.1) is 6.10 Å². The van der Waals surface area contributed by atoms with Crippen molar-refractivity contribution in [3.8, 4) is 5.75 Å². The fourth-order valence-corrected chi connectivity index (χ4v) is 2.44. The van der Waals surface area contributed by atoms with Gasteiger partial charge in [-0.25, -0.2) is 0 Å². The van der Waals surface area contributed by atoms with E-state index in [1.165, 1.54) is 11.1 Å². The van der Waals surface area contributed by atoms with Gasteiger partial charge in [0.1, 0.15) is 5.75 Å². The third-order valence-corrected chi connectivity index (χ3v) is 3.92. The summed E-state index contributed by atoms with van der Waals surface area (Å²) >= 11 is 5.88. The standard InChI is InChI=1S/C17H21ClNOP/c1-12(2)20-16-9-5-14(6-10-16)17(21)19-11-13-3-7-15(18)8-4-13/h3-10,12,17,19H,11,21H2,1-2H3. The Bertz CT molecular complexity index is 554. The molecule has 2 aromatic carbocycles. The van der Waals surface area contributed by atoms with Gasteiger partial charge in [0.2, 0.25) is 0 Å². The van der Waals surface area contributed by atoms with Crippen LogP contribution in [0.1, 0.15) is 30.8 Å². The molecule has 0 bridgehead atoms. The minimum atomic E-state index is 0.200. The Kier molecular flexibility index (Phi) is 6.05. The van der Waals surface area contributed by atoms with Crippen molar-refractivity contribution in [2.24, 2.45) is 0 Å². The van der Waals surface area contributed by atoms with E-state index in [9.17, 15) is 0 Å². The quantitative estimate of drug-likeness (QED) is 0.772. The zero-order chi connectivity index (χ0) is 15.2. The van der Waals surface area contributed by atoms with Crippen molar-refractivity contribution < 1.29 is 4.74 Å². The van der Waals surface area contributed by atoms with Gasteiger partial charge < -0.3 is 10.1 Å². The van der Waals surface area contributed by atoms with Crippen molar-refractivity contribution in [3.05, 3.63) is 64.7 Å². The Morgan fingerprint density at radius 3 is 2.24 bits per heavy atom. The first-order valence-electron chi connectivity index (χ1n) is 7.04. The molecule has 0 saturated heterocycles. The maximum absolute atomic E-state index is 5.88. The highest BCUT2D eigenvalue weighted by atomic mass is 35.5. The van der Waals surface area contributed by atoms with Crippen LogP contribution in [0.4, 0.5) is 0 Å². The van der Waals surface area contributed by atoms with E-state index < -0.39 is 0 Å². The number of benzene rings is 2. The predicted molar refractivity (Wildman–Crippen MR) is 92.9 cm³/mol. The van der Waals surface area contributed by atoms with Crippen molar-refractivity contribution in [2.75, 3.05) is 0 Å². The maximum Gasteiger partial charge on any atom is 0.119 e. The van der Waals surface area contributed by atoms with Crippen molar-refractivity contribution in [2.45, 2.75) is 32.3 Å². The molecule has 2 unspecified atom stereocenters. The molecule has 0 aliphatic heterocycles. The molecule has 2 aromatic rings. The number of ether oxygens (including phenoxy) is 1. The first-order valence-corrected chi connectivity index (χ1v) is 8.09. The second-order valence-electron chi connectivity index (χ2n) is 5.22. The second kappa shape index (κ2) is 7.79. The maximum atomic E-state index is 5.88. The molecule has 0 spiro atoms. The van der Waals surface area contributed by atoms with Crippen LogP contribution in [0.25, 0.3) is 0 Å². The number of hydrogen-bond acceptors (Lipinski definition) is 2. The summed E-state index contributed by atoms with van der Waals surface area (Å²) in [5.41, 5.74) is 2.43. The van der Waals surface area contributed by atoms with Crippen LogP contribution in [0.5, 0.6) is 5.75 Å². The summed E-state index contributed by atoms with van der Waals surface area (Å²) in [6.45, 7) is 4.86. The van der Waals surface area contributed by atoms with Crippen LogP contribution < -0.4 is 10.1 Å². The predicted octanol–water partition coefficient (Wildman–Crippen LogP) is 4.79. The largest absolute Gasteiger partial charge is 0.491 e. The van der Waals surface area contributed by atoms with E-state index in [2.05, 4.69) is 26.7 Å². The van der Waals surface area contributed by atoms with Gasteiger partial charge in [-0.3, -0.25) is 0 Å². The Balaban J connectivity index is 1.90. The molecule has 1 N–H and O–H groups in total. The molecule has 0 fully saturated rings. The van der Waals surface area contributed by atoms with Gasteiger partial charge in [-0.2, -0.15) is 0 Å². The average molecular weight is 322 g/mol. The zero-order valence-electron chi connectivity index (χ0n) is 12.3. The van der Waals surface area contributed by atoms with Crippen LogP contribution in [-0.4, -0.2) is 6.10 Å². The highest BCUT2D eigenvalue weighted by molar-refractivity contribution is 7.17. The Morgan fingerprint density at radius 2 is 1.67 bits per heavy atom. The van der Waals surface area contributed by atoms with Crippen LogP contribution >= 0.6 is 20.8 Å². The molecule has 112 valence electrons. The molecule has 0 aromatic heterocycles. The molecule has 0 heterocycles. The third-order valence-electron chi connectivity index (χ3n) is 3.05. The van der Waals surface area contributed by atoms with Gasteiger partial charge in [0.15, 0.2) is 0 Å². The minimum absolute atomic E-state index is 0.200. The first-order chi connectivity index (χ1) is 10.0. The lowest BCUT2D eigenvalue weighted by Gasteiger charge is -2.15. The number of nitrogens with one attached hydrogen (secondary N) is 1. The van der Waals surface area contributed by atoms with Gasteiger partial charge in [-0.15, -0.1) is 9.24 Å².